The zero-order valence-corrected chi connectivity index (χ0v) is 18.0. The number of imidazole rings is 1. The van der Waals surface area contributed by atoms with Crippen LogP contribution >= 0.6 is 11.8 Å². The third-order valence-electron chi connectivity index (χ3n) is 4.36. The number of ether oxygens (including phenoxy) is 1. The van der Waals surface area contributed by atoms with Gasteiger partial charge in [-0.05, 0) is 31.2 Å². The second kappa shape index (κ2) is 9.41. The van der Waals surface area contributed by atoms with E-state index in [1.54, 1.807) is 23.8 Å². The molecule has 4 rings (SSSR count). The molecule has 4 aromatic rings. The van der Waals surface area contributed by atoms with Crippen molar-refractivity contribution in [3.05, 3.63) is 72.6 Å². The number of rotatable bonds is 7. The molecule has 2 aromatic carbocycles. The number of halogens is 3. The summed E-state index contributed by atoms with van der Waals surface area (Å²) in [7, 11) is 0. The summed E-state index contributed by atoms with van der Waals surface area (Å²) in [4.78, 5) is 16.8. The molecule has 0 bridgehead atoms. The van der Waals surface area contributed by atoms with E-state index < -0.39 is 6.36 Å². The van der Waals surface area contributed by atoms with Crippen molar-refractivity contribution >= 4 is 23.5 Å². The summed E-state index contributed by atoms with van der Waals surface area (Å²) >= 11 is 1.18. The lowest BCUT2D eigenvalue weighted by atomic mass is 10.1. The van der Waals surface area contributed by atoms with Crippen molar-refractivity contribution in [2.75, 3.05) is 11.1 Å². The highest BCUT2D eigenvalue weighted by atomic mass is 32.2. The van der Waals surface area contributed by atoms with Crippen molar-refractivity contribution in [2.24, 2.45) is 0 Å². The Kier molecular flexibility index (Phi) is 6.40. The van der Waals surface area contributed by atoms with Gasteiger partial charge in [0.25, 0.3) is 0 Å². The number of hydrogen-bond donors (Lipinski definition) is 1. The summed E-state index contributed by atoms with van der Waals surface area (Å²) in [6.07, 6.45) is -3.13. The number of nitrogens with one attached hydrogen (secondary N) is 1. The molecule has 0 spiro atoms. The molecule has 0 saturated heterocycles. The van der Waals surface area contributed by atoms with E-state index >= 15 is 0 Å². The van der Waals surface area contributed by atoms with Gasteiger partial charge in [0.2, 0.25) is 5.91 Å². The molecule has 7 nitrogen and oxygen atoms in total. The van der Waals surface area contributed by atoms with Crippen LogP contribution in [-0.4, -0.2) is 32.7 Å². The molecule has 1 amide bonds. The second-order valence-electron chi connectivity index (χ2n) is 6.83. The quantitative estimate of drug-likeness (QED) is 0.358. The summed E-state index contributed by atoms with van der Waals surface area (Å²) in [5.41, 5.74) is 2.14. The first-order valence-electron chi connectivity index (χ1n) is 9.64. The normalized spacial score (nSPS) is 11.4. The van der Waals surface area contributed by atoms with Crippen LogP contribution in [0, 0.1) is 6.92 Å². The zero-order valence-electron chi connectivity index (χ0n) is 17.2. The molecule has 0 fully saturated rings. The lowest BCUT2D eigenvalue weighted by Crippen LogP contribution is -2.17. The van der Waals surface area contributed by atoms with E-state index in [1.165, 1.54) is 36.0 Å². The van der Waals surface area contributed by atoms with Gasteiger partial charge >= 0.3 is 6.36 Å². The van der Waals surface area contributed by atoms with E-state index in [0.717, 1.165) is 11.3 Å². The molecule has 0 radical (unpaired) electrons. The fraction of sp³-hybridized carbons (Fsp3) is 0.136. The highest BCUT2D eigenvalue weighted by Gasteiger charge is 2.31. The highest BCUT2D eigenvalue weighted by Crippen LogP contribution is 2.31. The second-order valence-corrected chi connectivity index (χ2v) is 7.77. The van der Waals surface area contributed by atoms with Gasteiger partial charge in [0, 0.05) is 17.3 Å². The minimum Gasteiger partial charge on any atom is -0.406 e. The number of aryl methyl sites for hydroxylation is 1. The van der Waals surface area contributed by atoms with E-state index in [9.17, 15) is 18.0 Å². The number of hydrogen-bond acceptors (Lipinski definition) is 6. The fourth-order valence-corrected chi connectivity index (χ4v) is 3.82. The molecule has 170 valence electrons. The minimum absolute atomic E-state index is 0.0341. The lowest BCUT2D eigenvalue weighted by Gasteiger charge is -2.14. The van der Waals surface area contributed by atoms with Crippen LogP contribution < -0.4 is 10.1 Å². The number of carbonyl (C=O) groups is 1. The molecule has 0 aliphatic rings. The molecule has 0 unspecified atom stereocenters. The Labute approximate surface area is 190 Å². The Hall–Kier alpha value is -3.73. The number of alkyl halides is 3. The summed E-state index contributed by atoms with van der Waals surface area (Å²) in [6, 6.07) is 16.4. The summed E-state index contributed by atoms with van der Waals surface area (Å²) in [5, 5.41) is 6.85. The Balaban J connectivity index is 1.60. The number of anilines is 1. The van der Waals surface area contributed by atoms with Crippen LogP contribution in [0.3, 0.4) is 0 Å². The molecule has 2 aromatic heterocycles. The summed E-state index contributed by atoms with van der Waals surface area (Å²) < 4.78 is 48.2. The molecular weight excluding hydrogens is 457 g/mol. The van der Waals surface area contributed by atoms with Gasteiger partial charge in [-0.25, -0.2) is 4.98 Å². The van der Waals surface area contributed by atoms with Gasteiger partial charge in [-0.1, -0.05) is 47.3 Å². The lowest BCUT2D eigenvalue weighted by molar-refractivity contribution is -0.274. The van der Waals surface area contributed by atoms with Crippen molar-refractivity contribution in [1.29, 1.82) is 0 Å². The van der Waals surface area contributed by atoms with Crippen LogP contribution in [0.5, 0.6) is 5.75 Å². The molecule has 33 heavy (non-hydrogen) atoms. The number of thioether (sulfide) groups is 1. The first kappa shape index (κ1) is 22.5. The number of benzene rings is 2. The Morgan fingerprint density at radius 2 is 1.88 bits per heavy atom. The zero-order chi connectivity index (χ0) is 23.4. The molecule has 0 aliphatic heterocycles. The monoisotopic (exact) mass is 474 g/mol. The molecule has 1 N–H and O–H groups in total. The van der Waals surface area contributed by atoms with E-state index in [1.807, 2.05) is 30.3 Å². The fourth-order valence-electron chi connectivity index (χ4n) is 3.03. The van der Waals surface area contributed by atoms with Gasteiger partial charge in [0.15, 0.2) is 11.0 Å². The van der Waals surface area contributed by atoms with Crippen molar-refractivity contribution in [2.45, 2.75) is 18.4 Å². The molecular formula is C22H17F3N4O3S. The summed E-state index contributed by atoms with van der Waals surface area (Å²) in [5.74, 6) is 0.277. The number of carbonyl (C=O) groups excluding carboxylic acids is 1. The van der Waals surface area contributed by atoms with Gasteiger partial charge in [0.1, 0.15) is 11.5 Å². The van der Waals surface area contributed by atoms with Crippen LogP contribution in [0.25, 0.3) is 16.9 Å². The smallest absolute Gasteiger partial charge is 0.406 e. The van der Waals surface area contributed by atoms with Crippen molar-refractivity contribution in [3.63, 3.8) is 0 Å². The van der Waals surface area contributed by atoms with Gasteiger partial charge in [-0.3, -0.25) is 9.36 Å². The van der Waals surface area contributed by atoms with E-state index in [2.05, 4.69) is 20.2 Å². The SMILES string of the molecule is Cc1cc(NC(=O)CSc2ncc(-c3ccccc3)n2-c2ccc(OC(F)(F)F)cc2)no1. The van der Waals surface area contributed by atoms with E-state index in [4.69, 9.17) is 4.52 Å². The van der Waals surface area contributed by atoms with E-state index in [0.29, 0.717) is 22.4 Å². The first-order valence-corrected chi connectivity index (χ1v) is 10.6. The average molecular weight is 474 g/mol. The number of nitrogens with zero attached hydrogens (tertiary/aromatic N) is 3. The minimum atomic E-state index is -4.78. The third-order valence-corrected chi connectivity index (χ3v) is 5.31. The largest absolute Gasteiger partial charge is 0.573 e. The van der Waals surface area contributed by atoms with Gasteiger partial charge in [-0.15, -0.1) is 13.2 Å². The Bertz CT molecular complexity index is 1240. The van der Waals surface area contributed by atoms with Gasteiger partial charge < -0.3 is 14.6 Å². The molecule has 0 atom stereocenters. The van der Waals surface area contributed by atoms with Crippen LogP contribution in [0.2, 0.25) is 0 Å². The maximum absolute atomic E-state index is 12.5. The molecule has 11 heteroatoms. The van der Waals surface area contributed by atoms with Crippen molar-refractivity contribution in [3.8, 4) is 22.7 Å². The predicted molar refractivity (Wildman–Crippen MR) is 116 cm³/mol. The number of aromatic nitrogens is 3. The van der Waals surface area contributed by atoms with E-state index in [-0.39, 0.29) is 17.4 Å². The molecule has 2 heterocycles. The molecule has 0 saturated carbocycles. The van der Waals surface area contributed by atoms with Gasteiger partial charge in [-0.2, -0.15) is 0 Å². The van der Waals surface area contributed by atoms with Gasteiger partial charge in [0.05, 0.1) is 17.6 Å². The van der Waals surface area contributed by atoms with Crippen molar-refractivity contribution < 1.29 is 27.2 Å². The van der Waals surface area contributed by atoms with Crippen LogP contribution in [0.15, 0.2) is 76.5 Å². The predicted octanol–water partition coefficient (Wildman–Crippen LogP) is 5.47. The highest BCUT2D eigenvalue weighted by molar-refractivity contribution is 7.99. The molecule has 0 aliphatic carbocycles. The standard InChI is InChI=1S/C22H17F3N4O3S/c1-14-11-19(28-32-14)27-20(30)13-33-21-26-12-18(15-5-3-2-4-6-15)29(21)16-7-9-17(10-8-16)31-22(23,24)25/h2-12H,13H2,1H3,(H,27,28,30). The third kappa shape index (κ3) is 5.75. The van der Waals surface area contributed by atoms with Crippen LogP contribution in [0.4, 0.5) is 19.0 Å². The summed E-state index contributed by atoms with van der Waals surface area (Å²) in [6.45, 7) is 1.71. The maximum Gasteiger partial charge on any atom is 0.573 e. The average Bonchev–Trinajstić information content (AvgIpc) is 3.38. The van der Waals surface area contributed by atoms with Crippen LogP contribution in [0.1, 0.15) is 5.76 Å². The Morgan fingerprint density at radius 3 is 2.52 bits per heavy atom. The van der Waals surface area contributed by atoms with Crippen molar-refractivity contribution in [1.82, 2.24) is 14.7 Å². The Morgan fingerprint density at radius 1 is 1.15 bits per heavy atom. The maximum atomic E-state index is 12.5. The van der Waals surface area contributed by atoms with Crippen LogP contribution in [-0.2, 0) is 4.79 Å². The first-order chi connectivity index (χ1) is 15.8. The number of amides is 1. The topological polar surface area (TPSA) is 82.2 Å².